The summed E-state index contributed by atoms with van der Waals surface area (Å²) in [5.74, 6) is -0.0704. The van der Waals surface area contributed by atoms with Crippen LogP contribution in [0.4, 0.5) is 0 Å². The van der Waals surface area contributed by atoms with Gasteiger partial charge in [0, 0.05) is 58.0 Å². The van der Waals surface area contributed by atoms with E-state index in [1.807, 2.05) is 13.2 Å². The van der Waals surface area contributed by atoms with Gasteiger partial charge in [0.15, 0.2) is 0 Å². The Hall–Kier alpha value is -3.29. The van der Waals surface area contributed by atoms with E-state index < -0.39 is 0 Å². The standard InChI is InChI=1S/C25H30N6O/c1-29-20-21(19-27-29)18-26-28-24(32)12-13-30-14-16-31(17-15-30)25(22-8-4-2-5-9-22)23-10-6-3-7-11-23/h2-11,18-20,25H,12-17H2,1H3,(H,28,32)/b26-18+. The Morgan fingerprint density at radius 1 is 1.03 bits per heavy atom. The number of aromatic nitrogens is 2. The van der Waals surface area contributed by atoms with Crippen LogP contribution in [0.3, 0.4) is 0 Å². The maximum Gasteiger partial charge on any atom is 0.241 e. The molecule has 1 fully saturated rings. The van der Waals surface area contributed by atoms with Gasteiger partial charge < -0.3 is 4.90 Å². The van der Waals surface area contributed by atoms with Crippen molar-refractivity contribution in [2.24, 2.45) is 12.1 Å². The van der Waals surface area contributed by atoms with E-state index in [0.717, 1.165) is 38.3 Å². The number of benzene rings is 2. The summed E-state index contributed by atoms with van der Waals surface area (Å²) in [6.45, 7) is 4.57. The summed E-state index contributed by atoms with van der Waals surface area (Å²) in [5.41, 5.74) is 6.10. The van der Waals surface area contributed by atoms with Gasteiger partial charge in [0.1, 0.15) is 0 Å². The number of hydrogen-bond acceptors (Lipinski definition) is 5. The fourth-order valence-corrected chi connectivity index (χ4v) is 4.13. The lowest BCUT2D eigenvalue weighted by atomic mass is 9.96. The van der Waals surface area contributed by atoms with E-state index in [1.54, 1.807) is 17.1 Å². The molecule has 1 saturated heterocycles. The first-order valence-corrected chi connectivity index (χ1v) is 11.1. The third-order valence-electron chi connectivity index (χ3n) is 5.79. The van der Waals surface area contributed by atoms with Crippen LogP contribution in [0.2, 0.25) is 0 Å². The van der Waals surface area contributed by atoms with Crippen LogP contribution in [0.15, 0.2) is 78.2 Å². The maximum atomic E-state index is 12.1. The van der Waals surface area contributed by atoms with Crippen molar-refractivity contribution in [3.05, 3.63) is 89.7 Å². The van der Waals surface area contributed by atoms with Gasteiger partial charge in [-0.25, -0.2) is 5.43 Å². The number of piperazine rings is 1. The van der Waals surface area contributed by atoms with Gasteiger partial charge in [-0.1, -0.05) is 60.7 Å². The Morgan fingerprint density at radius 2 is 1.66 bits per heavy atom. The minimum Gasteiger partial charge on any atom is -0.300 e. The quantitative estimate of drug-likeness (QED) is 0.441. The molecular weight excluding hydrogens is 400 g/mol. The molecule has 7 nitrogen and oxygen atoms in total. The molecule has 0 saturated carbocycles. The Kier molecular flexibility index (Phi) is 7.42. The second-order valence-corrected chi connectivity index (χ2v) is 8.09. The van der Waals surface area contributed by atoms with Crippen LogP contribution in [0.25, 0.3) is 0 Å². The minimum absolute atomic E-state index is 0.0704. The number of nitrogens with one attached hydrogen (secondary N) is 1. The third kappa shape index (κ3) is 5.90. The fraction of sp³-hybridized carbons (Fsp3) is 0.320. The molecular formula is C25H30N6O. The SMILES string of the molecule is Cn1cc(/C=N/NC(=O)CCN2CCN(C(c3ccccc3)c3ccccc3)CC2)cn1. The maximum absolute atomic E-state index is 12.1. The lowest BCUT2D eigenvalue weighted by Crippen LogP contribution is -2.48. The molecule has 0 spiro atoms. The molecule has 7 heteroatoms. The van der Waals surface area contributed by atoms with Crippen molar-refractivity contribution in [3.63, 3.8) is 0 Å². The van der Waals surface area contributed by atoms with Crippen molar-refractivity contribution in [3.8, 4) is 0 Å². The first kappa shape index (κ1) is 21.9. The summed E-state index contributed by atoms with van der Waals surface area (Å²) in [6, 6.07) is 21.7. The summed E-state index contributed by atoms with van der Waals surface area (Å²) < 4.78 is 1.70. The molecule has 0 aliphatic carbocycles. The van der Waals surface area contributed by atoms with Gasteiger partial charge >= 0.3 is 0 Å². The van der Waals surface area contributed by atoms with Gasteiger partial charge in [0.25, 0.3) is 0 Å². The summed E-state index contributed by atoms with van der Waals surface area (Å²) in [6.07, 6.45) is 5.59. The highest BCUT2D eigenvalue weighted by Crippen LogP contribution is 2.29. The normalized spacial score (nSPS) is 15.4. The zero-order valence-corrected chi connectivity index (χ0v) is 18.5. The second-order valence-electron chi connectivity index (χ2n) is 8.09. The lowest BCUT2D eigenvalue weighted by Gasteiger charge is -2.39. The van der Waals surface area contributed by atoms with Crippen molar-refractivity contribution in [1.29, 1.82) is 0 Å². The molecule has 4 rings (SSSR count). The van der Waals surface area contributed by atoms with Crippen molar-refractivity contribution < 1.29 is 4.79 Å². The predicted molar refractivity (Wildman–Crippen MR) is 126 cm³/mol. The van der Waals surface area contributed by atoms with Gasteiger partial charge in [0.05, 0.1) is 18.5 Å². The molecule has 3 aromatic rings. The van der Waals surface area contributed by atoms with Crippen LogP contribution >= 0.6 is 0 Å². The van der Waals surface area contributed by atoms with E-state index in [4.69, 9.17) is 0 Å². The van der Waals surface area contributed by atoms with Crippen molar-refractivity contribution in [2.75, 3.05) is 32.7 Å². The summed E-state index contributed by atoms with van der Waals surface area (Å²) in [5, 5.41) is 8.09. The summed E-state index contributed by atoms with van der Waals surface area (Å²) in [7, 11) is 1.84. The van der Waals surface area contributed by atoms with Crippen LogP contribution in [0.1, 0.15) is 29.2 Å². The molecule has 1 aliphatic heterocycles. The van der Waals surface area contributed by atoms with Gasteiger partial charge in [0.2, 0.25) is 5.91 Å². The third-order valence-corrected chi connectivity index (χ3v) is 5.79. The minimum atomic E-state index is -0.0704. The van der Waals surface area contributed by atoms with Gasteiger partial charge in [-0.2, -0.15) is 10.2 Å². The second kappa shape index (κ2) is 10.8. The molecule has 1 N–H and O–H groups in total. The Morgan fingerprint density at radius 3 is 2.22 bits per heavy atom. The van der Waals surface area contributed by atoms with E-state index in [0.29, 0.717) is 6.42 Å². The Labute approximate surface area is 189 Å². The number of amides is 1. The number of hydrogen-bond donors (Lipinski definition) is 1. The number of hydrazone groups is 1. The molecule has 0 unspecified atom stereocenters. The highest BCUT2D eigenvalue weighted by Gasteiger charge is 2.26. The molecule has 0 atom stereocenters. The van der Waals surface area contributed by atoms with Crippen LogP contribution in [-0.2, 0) is 11.8 Å². The van der Waals surface area contributed by atoms with E-state index in [2.05, 4.69) is 86.1 Å². The van der Waals surface area contributed by atoms with Crippen LogP contribution < -0.4 is 5.43 Å². The van der Waals surface area contributed by atoms with Crippen LogP contribution in [0.5, 0.6) is 0 Å². The number of nitrogens with zero attached hydrogens (tertiary/aromatic N) is 5. The van der Waals surface area contributed by atoms with Crippen LogP contribution in [0, 0.1) is 0 Å². The summed E-state index contributed by atoms with van der Waals surface area (Å²) in [4.78, 5) is 17.0. The van der Waals surface area contributed by atoms with E-state index >= 15 is 0 Å². The van der Waals surface area contributed by atoms with E-state index in [1.165, 1.54) is 11.1 Å². The molecule has 0 bridgehead atoms. The molecule has 2 aromatic carbocycles. The largest absolute Gasteiger partial charge is 0.300 e. The Bertz CT molecular complexity index is 970. The number of carbonyl (C=O) groups excluding carboxylic acids is 1. The smallest absolute Gasteiger partial charge is 0.241 e. The van der Waals surface area contributed by atoms with Crippen molar-refractivity contribution in [1.82, 2.24) is 25.0 Å². The number of aryl methyl sites for hydroxylation is 1. The average molecular weight is 431 g/mol. The topological polar surface area (TPSA) is 65.8 Å². The van der Waals surface area contributed by atoms with Gasteiger partial charge in [-0.15, -0.1) is 0 Å². The Balaban J connectivity index is 1.27. The van der Waals surface area contributed by atoms with Gasteiger partial charge in [-0.05, 0) is 11.1 Å². The zero-order valence-electron chi connectivity index (χ0n) is 18.5. The average Bonchev–Trinajstić information content (AvgIpc) is 3.25. The molecule has 1 amide bonds. The summed E-state index contributed by atoms with van der Waals surface area (Å²) >= 11 is 0. The highest BCUT2D eigenvalue weighted by atomic mass is 16.2. The van der Waals surface area contributed by atoms with E-state index in [9.17, 15) is 4.79 Å². The molecule has 166 valence electrons. The number of rotatable bonds is 8. The molecule has 0 radical (unpaired) electrons. The molecule has 1 aromatic heterocycles. The van der Waals surface area contributed by atoms with Gasteiger partial charge in [-0.3, -0.25) is 14.4 Å². The fourth-order valence-electron chi connectivity index (χ4n) is 4.13. The first-order valence-electron chi connectivity index (χ1n) is 11.1. The van der Waals surface area contributed by atoms with Crippen molar-refractivity contribution in [2.45, 2.75) is 12.5 Å². The molecule has 1 aliphatic rings. The van der Waals surface area contributed by atoms with Crippen LogP contribution in [-0.4, -0.2) is 64.4 Å². The molecule has 2 heterocycles. The zero-order chi connectivity index (χ0) is 22.2. The lowest BCUT2D eigenvalue weighted by molar-refractivity contribution is -0.121. The van der Waals surface area contributed by atoms with Crippen molar-refractivity contribution >= 4 is 12.1 Å². The first-order chi connectivity index (χ1) is 15.7. The highest BCUT2D eigenvalue weighted by molar-refractivity contribution is 5.81. The van der Waals surface area contributed by atoms with E-state index in [-0.39, 0.29) is 11.9 Å². The number of carbonyl (C=O) groups is 1. The monoisotopic (exact) mass is 430 g/mol. The predicted octanol–water partition coefficient (Wildman–Crippen LogP) is 2.67. The molecule has 32 heavy (non-hydrogen) atoms.